The molecule has 0 saturated carbocycles. The summed E-state index contributed by atoms with van der Waals surface area (Å²) < 4.78 is 0. The second kappa shape index (κ2) is 7.76. The summed E-state index contributed by atoms with van der Waals surface area (Å²) in [4.78, 5) is 42.1. The molecule has 0 radical (unpaired) electrons. The lowest BCUT2D eigenvalue weighted by Crippen LogP contribution is -2.54. The maximum atomic E-state index is 12.8. The molecule has 4 amide bonds. The summed E-state index contributed by atoms with van der Waals surface area (Å²) in [6, 6.07) is 5.50. The first kappa shape index (κ1) is 18.2. The summed E-state index contributed by atoms with van der Waals surface area (Å²) in [5.41, 5.74) is 2.45. The summed E-state index contributed by atoms with van der Waals surface area (Å²) in [6.45, 7) is 7.53. The molecule has 1 aromatic carbocycles. The number of aryl methyl sites for hydroxylation is 1. The molecule has 1 saturated heterocycles. The van der Waals surface area contributed by atoms with Crippen molar-refractivity contribution in [2.75, 3.05) is 44.6 Å². The summed E-state index contributed by atoms with van der Waals surface area (Å²) >= 11 is 0. The largest absolute Gasteiger partial charge is 0.335 e. The first-order chi connectivity index (χ1) is 12.5. The van der Waals surface area contributed by atoms with Crippen LogP contribution < -0.4 is 5.32 Å². The first-order valence-electron chi connectivity index (χ1n) is 9.29. The van der Waals surface area contributed by atoms with Crippen molar-refractivity contribution in [3.05, 3.63) is 29.3 Å². The second-order valence-corrected chi connectivity index (χ2v) is 6.65. The molecule has 0 aromatic heterocycles. The standard InChI is InChI=1S/C19H26N4O3/c1-3-21(4-2)19(26)23-11-9-22(10-12-23)18(25)15-5-7-16-14(13-15)6-8-17(24)20-16/h5,7,13H,3-4,6,8-12H2,1-2H3,(H,20,24). The van der Waals surface area contributed by atoms with Crippen LogP contribution in [0.25, 0.3) is 0 Å². The van der Waals surface area contributed by atoms with E-state index in [2.05, 4.69) is 5.32 Å². The third kappa shape index (κ3) is 3.66. The van der Waals surface area contributed by atoms with Crippen LogP contribution in [-0.2, 0) is 11.2 Å². The molecule has 7 heteroatoms. The average Bonchev–Trinajstić information content (AvgIpc) is 2.68. The molecule has 26 heavy (non-hydrogen) atoms. The Balaban J connectivity index is 1.62. The zero-order valence-electron chi connectivity index (χ0n) is 15.5. The quantitative estimate of drug-likeness (QED) is 0.895. The van der Waals surface area contributed by atoms with Gasteiger partial charge in [0.05, 0.1) is 0 Å². The van der Waals surface area contributed by atoms with Crippen molar-refractivity contribution in [2.45, 2.75) is 26.7 Å². The molecule has 0 unspecified atom stereocenters. The Morgan fingerprint density at radius 1 is 1.04 bits per heavy atom. The van der Waals surface area contributed by atoms with Gasteiger partial charge in [-0.3, -0.25) is 9.59 Å². The maximum Gasteiger partial charge on any atom is 0.320 e. The first-order valence-corrected chi connectivity index (χ1v) is 9.29. The number of nitrogens with one attached hydrogen (secondary N) is 1. The lowest BCUT2D eigenvalue weighted by Gasteiger charge is -2.37. The fraction of sp³-hybridized carbons (Fsp3) is 0.526. The van der Waals surface area contributed by atoms with Crippen molar-refractivity contribution in [3.63, 3.8) is 0 Å². The Labute approximate surface area is 153 Å². The van der Waals surface area contributed by atoms with Crippen molar-refractivity contribution in [1.29, 1.82) is 0 Å². The number of hydrogen-bond donors (Lipinski definition) is 1. The van der Waals surface area contributed by atoms with Gasteiger partial charge in [-0.2, -0.15) is 0 Å². The monoisotopic (exact) mass is 358 g/mol. The van der Waals surface area contributed by atoms with Crippen molar-refractivity contribution < 1.29 is 14.4 Å². The van der Waals surface area contributed by atoms with Crippen LogP contribution in [0.2, 0.25) is 0 Å². The zero-order valence-corrected chi connectivity index (χ0v) is 15.5. The van der Waals surface area contributed by atoms with Gasteiger partial charge < -0.3 is 20.0 Å². The van der Waals surface area contributed by atoms with Gasteiger partial charge in [0.2, 0.25) is 5.91 Å². The third-order valence-corrected chi connectivity index (χ3v) is 5.12. The van der Waals surface area contributed by atoms with Gasteiger partial charge in [-0.05, 0) is 44.0 Å². The van der Waals surface area contributed by atoms with Crippen LogP contribution >= 0.6 is 0 Å². The van der Waals surface area contributed by atoms with Crippen LogP contribution in [0, 0.1) is 0 Å². The lowest BCUT2D eigenvalue weighted by molar-refractivity contribution is -0.116. The topological polar surface area (TPSA) is 73.0 Å². The van der Waals surface area contributed by atoms with Crippen molar-refractivity contribution >= 4 is 23.5 Å². The summed E-state index contributed by atoms with van der Waals surface area (Å²) in [6.07, 6.45) is 1.12. The summed E-state index contributed by atoms with van der Waals surface area (Å²) in [7, 11) is 0. The highest BCUT2D eigenvalue weighted by molar-refractivity contribution is 5.98. The van der Waals surface area contributed by atoms with Crippen molar-refractivity contribution in [1.82, 2.24) is 14.7 Å². The molecule has 0 atom stereocenters. The Bertz CT molecular complexity index is 707. The average molecular weight is 358 g/mol. The minimum Gasteiger partial charge on any atom is -0.335 e. The van der Waals surface area contributed by atoms with Crippen LogP contribution in [0.1, 0.15) is 36.2 Å². The molecule has 0 aliphatic carbocycles. The molecule has 1 N–H and O–H groups in total. The molecule has 7 nitrogen and oxygen atoms in total. The van der Waals surface area contributed by atoms with Crippen LogP contribution in [-0.4, -0.2) is 71.8 Å². The predicted molar refractivity (Wildman–Crippen MR) is 99.2 cm³/mol. The fourth-order valence-corrected chi connectivity index (χ4v) is 3.49. The number of fused-ring (bicyclic) bond motifs is 1. The molecule has 1 fully saturated rings. The number of amides is 4. The van der Waals surface area contributed by atoms with Crippen LogP contribution in [0.4, 0.5) is 10.5 Å². The Hall–Kier alpha value is -2.57. The van der Waals surface area contributed by atoms with Gasteiger partial charge in [-0.25, -0.2) is 4.79 Å². The molecule has 0 spiro atoms. The van der Waals surface area contributed by atoms with Gasteiger partial charge in [0.15, 0.2) is 0 Å². The molecule has 3 rings (SSSR count). The van der Waals surface area contributed by atoms with Gasteiger partial charge in [0.1, 0.15) is 0 Å². The van der Waals surface area contributed by atoms with E-state index < -0.39 is 0 Å². The van der Waals surface area contributed by atoms with E-state index in [0.717, 1.165) is 11.3 Å². The number of anilines is 1. The molecule has 0 bridgehead atoms. The highest BCUT2D eigenvalue weighted by atomic mass is 16.2. The Kier molecular flexibility index (Phi) is 5.44. The van der Waals surface area contributed by atoms with E-state index in [1.165, 1.54) is 0 Å². The molecule has 140 valence electrons. The minimum atomic E-state index is -0.0142. The number of urea groups is 1. The van der Waals surface area contributed by atoms with Crippen LogP contribution in [0.5, 0.6) is 0 Å². The van der Waals surface area contributed by atoms with Gasteiger partial charge in [-0.1, -0.05) is 0 Å². The van der Waals surface area contributed by atoms with E-state index in [-0.39, 0.29) is 17.8 Å². The number of hydrogen-bond acceptors (Lipinski definition) is 3. The highest BCUT2D eigenvalue weighted by Crippen LogP contribution is 2.24. The number of piperazine rings is 1. The van der Waals surface area contributed by atoms with Crippen LogP contribution in [0.15, 0.2) is 18.2 Å². The molecular formula is C19H26N4O3. The number of carbonyl (C=O) groups is 3. The molecule has 2 aliphatic heterocycles. The number of nitrogens with zero attached hydrogens (tertiary/aromatic N) is 3. The summed E-state index contributed by atoms with van der Waals surface area (Å²) in [5, 5.41) is 2.83. The van der Waals surface area contributed by atoms with Gasteiger partial charge >= 0.3 is 6.03 Å². The SMILES string of the molecule is CCN(CC)C(=O)N1CCN(C(=O)c2ccc3c(c2)CCC(=O)N3)CC1. The normalized spacial score (nSPS) is 16.8. The van der Waals surface area contributed by atoms with Gasteiger partial charge in [-0.15, -0.1) is 0 Å². The van der Waals surface area contributed by atoms with E-state index in [9.17, 15) is 14.4 Å². The van der Waals surface area contributed by atoms with E-state index in [1.807, 2.05) is 24.8 Å². The molecule has 2 aliphatic rings. The fourth-order valence-electron chi connectivity index (χ4n) is 3.49. The number of benzene rings is 1. The minimum absolute atomic E-state index is 0.0142. The van der Waals surface area contributed by atoms with Gasteiger partial charge in [0.25, 0.3) is 5.91 Å². The second-order valence-electron chi connectivity index (χ2n) is 6.65. The van der Waals surface area contributed by atoms with E-state index in [0.29, 0.717) is 57.7 Å². The zero-order chi connectivity index (χ0) is 18.7. The number of carbonyl (C=O) groups excluding carboxylic acids is 3. The lowest BCUT2D eigenvalue weighted by atomic mass is 10.00. The maximum absolute atomic E-state index is 12.8. The predicted octanol–water partition coefficient (Wildman–Crippen LogP) is 1.79. The molecule has 2 heterocycles. The van der Waals surface area contributed by atoms with Crippen LogP contribution in [0.3, 0.4) is 0 Å². The van der Waals surface area contributed by atoms with Crippen molar-refractivity contribution in [3.8, 4) is 0 Å². The third-order valence-electron chi connectivity index (χ3n) is 5.12. The Morgan fingerprint density at radius 3 is 2.35 bits per heavy atom. The summed E-state index contributed by atoms with van der Waals surface area (Å²) in [5.74, 6) is 0.00482. The molecule has 1 aromatic rings. The smallest absolute Gasteiger partial charge is 0.320 e. The van der Waals surface area contributed by atoms with Gasteiger partial charge in [0, 0.05) is 56.9 Å². The molecular weight excluding hydrogens is 332 g/mol. The van der Waals surface area contributed by atoms with Crippen molar-refractivity contribution in [2.24, 2.45) is 0 Å². The number of rotatable bonds is 3. The van der Waals surface area contributed by atoms with E-state index in [1.54, 1.807) is 21.9 Å². The Morgan fingerprint density at radius 2 is 1.69 bits per heavy atom. The highest BCUT2D eigenvalue weighted by Gasteiger charge is 2.27. The van der Waals surface area contributed by atoms with E-state index in [4.69, 9.17) is 0 Å². The van der Waals surface area contributed by atoms with E-state index >= 15 is 0 Å².